The number of rotatable bonds is 2. The Morgan fingerprint density at radius 1 is 1.15 bits per heavy atom. The quantitative estimate of drug-likeness (QED) is 0.884. The molecule has 20 heavy (non-hydrogen) atoms. The standard InChI is InChI=1S/C17H16ClNO/c1-11-6-8-12(9-7-11)10-17(2)15-13(18)4-3-5-14(15)19-16(17)20/h3-9H,10H2,1-2H3,(H,19,20). The van der Waals surface area contributed by atoms with Gasteiger partial charge in [-0.15, -0.1) is 0 Å². The third-order valence-electron chi connectivity index (χ3n) is 3.99. The molecule has 3 rings (SSSR count). The Labute approximate surface area is 123 Å². The fourth-order valence-electron chi connectivity index (χ4n) is 2.85. The molecule has 1 unspecified atom stereocenters. The molecule has 0 fully saturated rings. The first-order valence-corrected chi connectivity index (χ1v) is 7.04. The third-order valence-corrected chi connectivity index (χ3v) is 4.31. The number of halogens is 1. The van der Waals surface area contributed by atoms with Gasteiger partial charge >= 0.3 is 0 Å². The summed E-state index contributed by atoms with van der Waals surface area (Å²) >= 11 is 6.32. The Balaban J connectivity index is 2.04. The smallest absolute Gasteiger partial charge is 0.235 e. The number of anilines is 1. The van der Waals surface area contributed by atoms with Crippen LogP contribution in [0.4, 0.5) is 5.69 Å². The van der Waals surface area contributed by atoms with Crippen LogP contribution in [0.15, 0.2) is 42.5 Å². The van der Waals surface area contributed by atoms with Gasteiger partial charge in [0.1, 0.15) is 0 Å². The molecule has 1 aliphatic rings. The highest BCUT2D eigenvalue weighted by Crippen LogP contribution is 2.43. The molecule has 1 heterocycles. The minimum atomic E-state index is -0.608. The number of aryl methyl sites for hydroxylation is 1. The highest BCUT2D eigenvalue weighted by atomic mass is 35.5. The minimum absolute atomic E-state index is 0.0150. The summed E-state index contributed by atoms with van der Waals surface area (Å²) in [5.41, 5.74) is 3.49. The van der Waals surface area contributed by atoms with Gasteiger partial charge in [0, 0.05) is 16.3 Å². The number of hydrogen-bond acceptors (Lipinski definition) is 1. The molecular weight excluding hydrogens is 270 g/mol. The van der Waals surface area contributed by atoms with Crippen LogP contribution in [0.5, 0.6) is 0 Å². The van der Waals surface area contributed by atoms with Crippen molar-refractivity contribution in [1.29, 1.82) is 0 Å². The molecule has 0 radical (unpaired) electrons. The molecule has 2 aromatic carbocycles. The first-order chi connectivity index (χ1) is 9.50. The Morgan fingerprint density at radius 2 is 1.85 bits per heavy atom. The van der Waals surface area contributed by atoms with E-state index in [0.717, 1.165) is 16.8 Å². The predicted molar refractivity (Wildman–Crippen MR) is 82.3 cm³/mol. The maximum Gasteiger partial charge on any atom is 0.235 e. The number of benzene rings is 2. The Hall–Kier alpha value is -1.80. The van der Waals surface area contributed by atoms with E-state index in [-0.39, 0.29) is 5.91 Å². The third kappa shape index (κ3) is 2.01. The molecule has 1 N–H and O–H groups in total. The highest BCUT2D eigenvalue weighted by molar-refractivity contribution is 6.33. The average Bonchev–Trinajstić information content (AvgIpc) is 2.65. The lowest BCUT2D eigenvalue weighted by atomic mass is 9.78. The normalized spacial score (nSPS) is 20.6. The van der Waals surface area contributed by atoms with Crippen molar-refractivity contribution in [1.82, 2.24) is 0 Å². The van der Waals surface area contributed by atoms with Crippen molar-refractivity contribution in [2.75, 3.05) is 5.32 Å². The molecule has 0 bridgehead atoms. The van der Waals surface area contributed by atoms with E-state index in [0.29, 0.717) is 11.4 Å². The Morgan fingerprint density at radius 3 is 2.55 bits per heavy atom. The van der Waals surface area contributed by atoms with E-state index < -0.39 is 5.41 Å². The van der Waals surface area contributed by atoms with Gasteiger partial charge in [-0.25, -0.2) is 0 Å². The van der Waals surface area contributed by atoms with Crippen LogP contribution in [-0.2, 0) is 16.6 Å². The molecule has 1 aliphatic heterocycles. The highest BCUT2D eigenvalue weighted by Gasteiger charge is 2.44. The van der Waals surface area contributed by atoms with Crippen molar-refractivity contribution in [2.24, 2.45) is 0 Å². The number of carbonyl (C=O) groups excluding carboxylic acids is 1. The monoisotopic (exact) mass is 285 g/mol. The zero-order chi connectivity index (χ0) is 14.3. The molecule has 0 aliphatic carbocycles. The predicted octanol–water partition coefficient (Wildman–Crippen LogP) is 4.10. The van der Waals surface area contributed by atoms with E-state index in [1.54, 1.807) is 0 Å². The van der Waals surface area contributed by atoms with Crippen LogP contribution < -0.4 is 5.32 Å². The minimum Gasteiger partial charge on any atom is -0.325 e. The molecule has 0 saturated carbocycles. The second-order valence-electron chi connectivity index (χ2n) is 5.61. The fourth-order valence-corrected chi connectivity index (χ4v) is 3.23. The second kappa shape index (κ2) is 4.64. The second-order valence-corrected chi connectivity index (χ2v) is 6.02. The van der Waals surface area contributed by atoms with Gasteiger partial charge in [-0.2, -0.15) is 0 Å². The van der Waals surface area contributed by atoms with Gasteiger partial charge in [-0.05, 0) is 38.0 Å². The maximum atomic E-state index is 12.4. The zero-order valence-electron chi connectivity index (χ0n) is 11.5. The van der Waals surface area contributed by atoms with Crippen LogP contribution in [0, 0.1) is 6.92 Å². The molecule has 2 nitrogen and oxygen atoms in total. The van der Waals surface area contributed by atoms with Gasteiger partial charge in [0.25, 0.3) is 0 Å². The van der Waals surface area contributed by atoms with Crippen molar-refractivity contribution in [3.8, 4) is 0 Å². The zero-order valence-corrected chi connectivity index (χ0v) is 12.3. The van der Waals surface area contributed by atoms with Crippen LogP contribution in [-0.4, -0.2) is 5.91 Å². The van der Waals surface area contributed by atoms with Crippen LogP contribution in [0.25, 0.3) is 0 Å². The van der Waals surface area contributed by atoms with E-state index in [9.17, 15) is 4.79 Å². The lowest BCUT2D eigenvalue weighted by molar-refractivity contribution is -0.120. The molecule has 1 atom stereocenters. The lowest BCUT2D eigenvalue weighted by Gasteiger charge is -2.23. The van der Waals surface area contributed by atoms with Crippen molar-refractivity contribution in [3.05, 3.63) is 64.2 Å². The molecule has 2 aromatic rings. The number of nitrogens with one attached hydrogen (secondary N) is 1. The van der Waals surface area contributed by atoms with E-state index in [1.165, 1.54) is 5.56 Å². The summed E-state index contributed by atoms with van der Waals surface area (Å²) < 4.78 is 0. The van der Waals surface area contributed by atoms with Gasteiger partial charge < -0.3 is 5.32 Å². The average molecular weight is 286 g/mol. The molecule has 102 valence electrons. The van der Waals surface area contributed by atoms with Gasteiger partial charge in [-0.1, -0.05) is 47.5 Å². The molecule has 0 aromatic heterocycles. The summed E-state index contributed by atoms with van der Waals surface area (Å²) in [7, 11) is 0. The number of carbonyl (C=O) groups is 1. The maximum absolute atomic E-state index is 12.4. The molecule has 3 heteroatoms. The largest absolute Gasteiger partial charge is 0.325 e. The summed E-state index contributed by atoms with van der Waals surface area (Å²) in [6, 6.07) is 13.9. The molecule has 0 spiro atoms. The van der Waals surface area contributed by atoms with Gasteiger partial charge in [0.05, 0.1) is 5.41 Å². The SMILES string of the molecule is Cc1ccc(CC2(C)C(=O)Nc3cccc(Cl)c32)cc1. The summed E-state index contributed by atoms with van der Waals surface area (Å²) in [4.78, 5) is 12.4. The van der Waals surface area contributed by atoms with Crippen molar-refractivity contribution in [2.45, 2.75) is 25.7 Å². The number of amides is 1. The summed E-state index contributed by atoms with van der Waals surface area (Å²) in [6.07, 6.45) is 0.649. The van der Waals surface area contributed by atoms with E-state index in [2.05, 4.69) is 36.5 Å². The topological polar surface area (TPSA) is 29.1 Å². The van der Waals surface area contributed by atoms with Gasteiger partial charge in [0.15, 0.2) is 0 Å². The summed E-state index contributed by atoms with van der Waals surface area (Å²) in [6.45, 7) is 4.01. The fraction of sp³-hybridized carbons (Fsp3) is 0.235. The van der Waals surface area contributed by atoms with Gasteiger partial charge in [-0.3, -0.25) is 4.79 Å². The summed E-state index contributed by atoms with van der Waals surface area (Å²) in [5.74, 6) is 0.0150. The van der Waals surface area contributed by atoms with Crippen molar-refractivity contribution < 1.29 is 4.79 Å². The van der Waals surface area contributed by atoms with E-state index in [4.69, 9.17) is 11.6 Å². The van der Waals surface area contributed by atoms with Crippen LogP contribution in [0.3, 0.4) is 0 Å². The molecular formula is C17H16ClNO. The Bertz CT molecular complexity index is 678. The lowest BCUT2D eigenvalue weighted by Crippen LogP contribution is -2.33. The van der Waals surface area contributed by atoms with Crippen LogP contribution in [0.2, 0.25) is 5.02 Å². The van der Waals surface area contributed by atoms with Crippen LogP contribution in [0.1, 0.15) is 23.6 Å². The first kappa shape index (κ1) is 13.2. The number of hydrogen-bond donors (Lipinski definition) is 1. The van der Waals surface area contributed by atoms with Crippen molar-refractivity contribution in [3.63, 3.8) is 0 Å². The molecule has 0 saturated heterocycles. The molecule has 1 amide bonds. The van der Waals surface area contributed by atoms with E-state index in [1.807, 2.05) is 25.1 Å². The Kier molecular flexibility index (Phi) is 3.06. The van der Waals surface area contributed by atoms with Gasteiger partial charge in [0.2, 0.25) is 5.91 Å². The summed E-state index contributed by atoms with van der Waals surface area (Å²) in [5, 5.41) is 3.59. The first-order valence-electron chi connectivity index (χ1n) is 6.67. The van der Waals surface area contributed by atoms with Crippen molar-refractivity contribution >= 4 is 23.2 Å². The van der Waals surface area contributed by atoms with Crippen LogP contribution >= 0.6 is 11.6 Å². The van der Waals surface area contributed by atoms with E-state index >= 15 is 0 Å². The number of fused-ring (bicyclic) bond motifs is 1.